The highest BCUT2D eigenvalue weighted by molar-refractivity contribution is 6.42. The van der Waals surface area contributed by atoms with Crippen molar-refractivity contribution in [1.82, 2.24) is 4.90 Å². The van der Waals surface area contributed by atoms with Crippen LogP contribution in [0.5, 0.6) is 0 Å². The van der Waals surface area contributed by atoms with Gasteiger partial charge in [-0.3, -0.25) is 0 Å². The summed E-state index contributed by atoms with van der Waals surface area (Å²) >= 11 is 12.2. The molecule has 24 heavy (non-hydrogen) atoms. The molecule has 2 rings (SSSR count). The second-order valence-electron chi connectivity index (χ2n) is 7.28. The molecule has 0 unspecified atom stereocenters. The van der Waals surface area contributed by atoms with Gasteiger partial charge in [-0.15, -0.1) is 0 Å². The molecule has 1 aliphatic heterocycles. The first kappa shape index (κ1) is 19.3. The topological polar surface area (TPSA) is 75.8 Å². The van der Waals surface area contributed by atoms with Crippen LogP contribution in [0.2, 0.25) is 10.0 Å². The number of nitrogens with zero attached hydrogens (tertiary/aromatic N) is 1. The summed E-state index contributed by atoms with van der Waals surface area (Å²) in [6.07, 6.45) is -0.788. The van der Waals surface area contributed by atoms with Gasteiger partial charge in [-0.05, 0) is 29.5 Å². The predicted octanol–water partition coefficient (Wildman–Crippen LogP) is 3.96. The third-order valence-corrected chi connectivity index (χ3v) is 5.29. The van der Waals surface area contributed by atoms with Crippen molar-refractivity contribution in [2.45, 2.75) is 38.9 Å². The fourth-order valence-corrected chi connectivity index (χ4v) is 3.16. The van der Waals surface area contributed by atoms with E-state index < -0.39 is 11.7 Å². The lowest BCUT2D eigenvalue weighted by Crippen LogP contribution is -2.45. The summed E-state index contributed by atoms with van der Waals surface area (Å²) in [5.74, 6) is 0. The molecule has 0 saturated carbocycles. The molecule has 0 aromatic heterocycles. The minimum Gasteiger partial charge on any atom is -0.465 e. The minimum atomic E-state index is -0.949. The summed E-state index contributed by atoms with van der Waals surface area (Å²) < 4.78 is 6.44. The number of hydrogen-bond acceptors (Lipinski definition) is 3. The first-order valence-electron chi connectivity index (χ1n) is 7.90. The number of rotatable bonds is 2. The Kier molecular flexibility index (Phi) is 5.70. The molecule has 2 atom stereocenters. The van der Waals surface area contributed by atoms with Crippen LogP contribution in [0.1, 0.15) is 32.8 Å². The molecule has 5 nitrogen and oxygen atoms in total. The zero-order valence-electron chi connectivity index (χ0n) is 14.2. The fourth-order valence-electron chi connectivity index (χ4n) is 2.86. The van der Waals surface area contributed by atoms with Crippen LogP contribution in [0.15, 0.2) is 18.2 Å². The van der Waals surface area contributed by atoms with Crippen molar-refractivity contribution in [2.24, 2.45) is 11.1 Å². The normalized spacial score (nSPS) is 25.4. The molecule has 1 fully saturated rings. The van der Waals surface area contributed by atoms with Crippen LogP contribution >= 0.6 is 23.2 Å². The molecule has 0 radical (unpaired) electrons. The lowest BCUT2D eigenvalue weighted by Gasteiger charge is -2.39. The standard InChI is InChI=1S/C17H24Cl2N2O3/c1-16(2,3)14-9-21(15(22)23)7-6-17(10-20,24-14)11-4-5-12(18)13(19)8-11/h4-5,8,14H,6-7,9-10,20H2,1-3H3,(H,22,23)/t14-,17+/m1/s1. The van der Waals surface area contributed by atoms with Gasteiger partial charge in [-0.2, -0.15) is 0 Å². The number of benzene rings is 1. The summed E-state index contributed by atoms with van der Waals surface area (Å²) in [5, 5.41) is 10.3. The minimum absolute atomic E-state index is 0.227. The Morgan fingerprint density at radius 1 is 1.42 bits per heavy atom. The Labute approximate surface area is 152 Å². The van der Waals surface area contributed by atoms with Crippen LogP contribution in [-0.4, -0.2) is 41.8 Å². The van der Waals surface area contributed by atoms with Gasteiger partial charge >= 0.3 is 6.09 Å². The van der Waals surface area contributed by atoms with E-state index >= 15 is 0 Å². The lowest BCUT2D eigenvalue weighted by molar-refractivity contribution is -0.125. The highest BCUT2D eigenvalue weighted by Gasteiger charge is 2.43. The van der Waals surface area contributed by atoms with Gasteiger partial charge in [0.1, 0.15) is 5.60 Å². The van der Waals surface area contributed by atoms with Crippen LogP contribution in [-0.2, 0) is 10.3 Å². The van der Waals surface area contributed by atoms with Crippen molar-refractivity contribution in [2.75, 3.05) is 19.6 Å². The van der Waals surface area contributed by atoms with Crippen molar-refractivity contribution in [3.8, 4) is 0 Å². The molecule has 134 valence electrons. The van der Waals surface area contributed by atoms with Crippen LogP contribution in [0.25, 0.3) is 0 Å². The molecule has 3 N–H and O–H groups in total. The molecular formula is C17H24Cl2N2O3. The van der Waals surface area contributed by atoms with Gasteiger partial charge in [-0.1, -0.05) is 50.0 Å². The number of halogens is 2. The molecule has 1 aromatic carbocycles. The number of carbonyl (C=O) groups is 1. The average molecular weight is 375 g/mol. The fraction of sp³-hybridized carbons (Fsp3) is 0.588. The molecule has 0 aliphatic carbocycles. The predicted molar refractivity (Wildman–Crippen MR) is 95.7 cm³/mol. The maximum absolute atomic E-state index is 11.5. The zero-order chi connectivity index (χ0) is 18.1. The van der Waals surface area contributed by atoms with Gasteiger partial charge in [-0.25, -0.2) is 4.79 Å². The Morgan fingerprint density at radius 3 is 2.58 bits per heavy atom. The molecule has 7 heteroatoms. The molecule has 1 aliphatic rings. The van der Waals surface area contributed by atoms with Gasteiger partial charge in [0.15, 0.2) is 0 Å². The summed E-state index contributed by atoms with van der Waals surface area (Å²) in [4.78, 5) is 12.9. The van der Waals surface area contributed by atoms with Gasteiger partial charge in [0.05, 0.1) is 22.7 Å². The molecule has 0 bridgehead atoms. The van der Waals surface area contributed by atoms with Gasteiger partial charge in [0.2, 0.25) is 0 Å². The van der Waals surface area contributed by atoms with E-state index in [0.717, 1.165) is 5.56 Å². The summed E-state index contributed by atoms with van der Waals surface area (Å²) in [6.45, 7) is 6.96. The van der Waals surface area contributed by atoms with Crippen LogP contribution < -0.4 is 5.73 Å². The Hall–Kier alpha value is -1.01. The molecule has 1 amide bonds. The molecule has 0 spiro atoms. The van der Waals surface area contributed by atoms with Crippen molar-refractivity contribution in [3.63, 3.8) is 0 Å². The number of hydrogen-bond donors (Lipinski definition) is 2. The molecular weight excluding hydrogens is 351 g/mol. The van der Waals surface area contributed by atoms with E-state index in [9.17, 15) is 9.90 Å². The Bertz CT molecular complexity index is 618. The van der Waals surface area contributed by atoms with Crippen LogP contribution in [0, 0.1) is 5.41 Å². The van der Waals surface area contributed by atoms with Crippen LogP contribution in [0.3, 0.4) is 0 Å². The first-order valence-corrected chi connectivity index (χ1v) is 8.66. The quantitative estimate of drug-likeness (QED) is 0.820. The average Bonchev–Trinajstić information content (AvgIpc) is 2.70. The van der Waals surface area contributed by atoms with Gasteiger partial charge < -0.3 is 20.5 Å². The van der Waals surface area contributed by atoms with E-state index in [4.69, 9.17) is 33.7 Å². The number of amides is 1. The molecule has 1 heterocycles. The first-order chi connectivity index (χ1) is 11.1. The van der Waals surface area contributed by atoms with E-state index in [1.807, 2.05) is 26.8 Å². The number of ether oxygens (including phenoxy) is 1. The van der Waals surface area contributed by atoms with E-state index in [0.29, 0.717) is 29.6 Å². The third kappa shape index (κ3) is 3.97. The maximum atomic E-state index is 11.5. The number of nitrogens with two attached hydrogens (primary N) is 1. The SMILES string of the molecule is CC(C)(C)[C@H]1CN(C(=O)O)CC[C@](CN)(c2ccc(Cl)c(Cl)c2)O1. The number of carboxylic acid groups (broad SMARTS) is 1. The zero-order valence-corrected chi connectivity index (χ0v) is 15.7. The highest BCUT2D eigenvalue weighted by atomic mass is 35.5. The second-order valence-corrected chi connectivity index (χ2v) is 8.09. The van der Waals surface area contributed by atoms with E-state index in [-0.39, 0.29) is 18.1 Å². The van der Waals surface area contributed by atoms with Gasteiger partial charge in [0, 0.05) is 13.1 Å². The van der Waals surface area contributed by atoms with Gasteiger partial charge in [0.25, 0.3) is 0 Å². The smallest absolute Gasteiger partial charge is 0.407 e. The Balaban J connectivity index is 2.47. The van der Waals surface area contributed by atoms with Crippen LogP contribution in [0.4, 0.5) is 4.79 Å². The van der Waals surface area contributed by atoms with Crippen molar-refractivity contribution in [3.05, 3.63) is 33.8 Å². The summed E-state index contributed by atoms with van der Waals surface area (Å²) in [7, 11) is 0. The monoisotopic (exact) mass is 374 g/mol. The van der Waals surface area contributed by atoms with Crippen molar-refractivity contribution in [1.29, 1.82) is 0 Å². The van der Waals surface area contributed by atoms with E-state index in [2.05, 4.69) is 0 Å². The second kappa shape index (κ2) is 7.08. The lowest BCUT2D eigenvalue weighted by atomic mass is 9.86. The summed E-state index contributed by atoms with van der Waals surface area (Å²) in [5.41, 5.74) is 5.87. The Morgan fingerprint density at radius 2 is 2.08 bits per heavy atom. The molecule has 1 aromatic rings. The van der Waals surface area contributed by atoms with Crippen molar-refractivity contribution < 1.29 is 14.6 Å². The largest absolute Gasteiger partial charge is 0.465 e. The van der Waals surface area contributed by atoms with Crippen molar-refractivity contribution >= 4 is 29.3 Å². The summed E-state index contributed by atoms with van der Waals surface area (Å²) in [6, 6.07) is 5.32. The van der Waals surface area contributed by atoms with E-state index in [1.54, 1.807) is 12.1 Å². The third-order valence-electron chi connectivity index (χ3n) is 4.55. The van der Waals surface area contributed by atoms with E-state index in [1.165, 1.54) is 4.90 Å². The molecule has 1 saturated heterocycles. The highest BCUT2D eigenvalue weighted by Crippen LogP contribution is 2.39. The maximum Gasteiger partial charge on any atom is 0.407 e.